The summed E-state index contributed by atoms with van der Waals surface area (Å²) in [5.74, 6) is 0.801. The Kier molecular flexibility index (Phi) is 5.33. The van der Waals surface area contributed by atoms with E-state index in [-0.39, 0.29) is 11.9 Å². The second-order valence-corrected chi connectivity index (χ2v) is 5.12. The van der Waals surface area contributed by atoms with Gasteiger partial charge >= 0.3 is 0 Å². The van der Waals surface area contributed by atoms with Crippen LogP contribution in [-0.4, -0.2) is 29.1 Å². The quantitative estimate of drug-likeness (QED) is 0.770. The van der Waals surface area contributed by atoms with Gasteiger partial charge in [0.25, 0.3) is 0 Å². The fraction of sp³-hybridized carbons (Fsp3) is 0.500. The van der Waals surface area contributed by atoms with Crippen LogP contribution in [0.1, 0.15) is 44.1 Å². The van der Waals surface area contributed by atoms with E-state index in [0.717, 1.165) is 23.3 Å². The van der Waals surface area contributed by atoms with E-state index >= 15 is 0 Å². The van der Waals surface area contributed by atoms with Crippen molar-refractivity contribution in [1.82, 2.24) is 15.3 Å². The van der Waals surface area contributed by atoms with Crippen LogP contribution < -0.4 is 5.32 Å². The smallest absolute Gasteiger partial charge is 0.222 e. The van der Waals surface area contributed by atoms with Gasteiger partial charge < -0.3 is 15.0 Å². The van der Waals surface area contributed by atoms with Crippen molar-refractivity contribution in [3.8, 4) is 0 Å². The standard InChI is InChI=1S/C16H23N3O2/c1-4-12(17-15(20)8-9-21-5-2)16-18-13-7-6-11(3)10-14(13)19-16/h6-7,10,12H,4-5,8-9H2,1-3H3,(H,17,20)(H,18,19). The summed E-state index contributed by atoms with van der Waals surface area (Å²) in [5.41, 5.74) is 3.12. The summed E-state index contributed by atoms with van der Waals surface area (Å²) in [6, 6.07) is 6.00. The van der Waals surface area contributed by atoms with Crippen LogP contribution in [0.5, 0.6) is 0 Å². The summed E-state index contributed by atoms with van der Waals surface area (Å²) in [6.07, 6.45) is 1.17. The molecule has 0 bridgehead atoms. The van der Waals surface area contributed by atoms with Crippen LogP contribution in [0.25, 0.3) is 11.0 Å². The molecule has 0 aliphatic carbocycles. The van der Waals surface area contributed by atoms with Crippen molar-refractivity contribution in [2.45, 2.75) is 39.7 Å². The molecule has 0 fully saturated rings. The molecule has 0 aliphatic rings. The number of aromatic amines is 1. The number of nitrogens with one attached hydrogen (secondary N) is 2. The molecule has 21 heavy (non-hydrogen) atoms. The SMILES string of the molecule is CCOCCC(=O)NC(CC)c1nc2ccc(C)cc2[nH]1. The van der Waals surface area contributed by atoms with Crippen LogP contribution in [-0.2, 0) is 9.53 Å². The lowest BCUT2D eigenvalue weighted by Crippen LogP contribution is -2.29. The van der Waals surface area contributed by atoms with Crippen molar-refractivity contribution in [3.63, 3.8) is 0 Å². The van der Waals surface area contributed by atoms with Gasteiger partial charge in [0.15, 0.2) is 0 Å². The first-order valence-electron chi connectivity index (χ1n) is 7.47. The van der Waals surface area contributed by atoms with Crippen molar-refractivity contribution in [2.75, 3.05) is 13.2 Å². The molecule has 0 radical (unpaired) electrons. The first kappa shape index (κ1) is 15.5. The van der Waals surface area contributed by atoms with Crippen molar-refractivity contribution >= 4 is 16.9 Å². The van der Waals surface area contributed by atoms with E-state index in [0.29, 0.717) is 19.6 Å². The summed E-state index contributed by atoms with van der Waals surface area (Å²) >= 11 is 0. The maximum absolute atomic E-state index is 11.9. The predicted octanol–water partition coefficient (Wildman–Crippen LogP) is 2.87. The minimum atomic E-state index is -0.0909. The maximum atomic E-state index is 11.9. The van der Waals surface area contributed by atoms with Crippen LogP contribution in [0.4, 0.5) is 0 Å². The first-order valence-corrected chi connectivity index (χ1v) is 7.47. The van der Waals surface area contributed by atoms with E-state index in [1.54, 1.807) is 0 Å². The number of hydrogen-bond donors (Lipinski definition) is 2. The normalized spacial score (nSPS) is 12.5. The van der Waals surface area contributed by atoms with Crippen LogP contribution in [0.3, 0.4) is 0 Å². The molecule has 2 aromatic rings. The zero-order valence-corrected chi connectivity index (χ0v) is 12.9. The number of nitrogens with zero attached hydrogens (tertiary/aromatic N) is 1. The number of amides is 1. The lowest BCUT2D eigenvalue weighted by molar-refractivity contribution is -0.123. The number of aromatic nitrogens is 2. The van der Waals surface area contributed by atoms with Gasteiger partial charge in [-0.1, -0.05) is 13.0 Å². The van der Waals surface area contributed by atoms with Gasteiger partial charge in [-0.3, -0.25) is 4.79 Å². The van der Waals surface area contributed by atoms with Crippen molar-refractivity contribution in [2.24, 2.45) is 0 Å². The number of imidazole rings is 1. The molecule has 2 N–H and O–H groups in total. The van der Waals surface area contributed by atoms with Crippen LogP contribution >= 0.6 is 0 Å². The second-order valence-electron chi connectivity index (χ2n) is 5.12. The Labute approximate surface area is 125 Å². The molecule has 1 aromatic carbocycles. The van der Waals surface area contributed by atoms with Gasteiger partial charge in [0.1, 0.15) is 5.82 Å². The molecule has 0 saturated carbocycles. The Bertz CT molecular complexity index is 607. The molecule has 5 heteroatoms. The largest absolute Gasteiger partial charge is 0.381 e. The summed E-state index contributed by atoms with van der Waals surface area (Å²) in [7, 11) is 0. The van der Waals surface area contributed by atoms with Gasteiger partial charge in [0.2, 0.25) is 5.91 Å². The Hall–Kier alpha value is -1.88. The minimum Gasteiger partial charge on any atom is -0.381 e. The highest BCUT2D eigenvalue weighted by atomic mass is 16.5. The first-order chi connectivity index (χ1) is 10.1. The third-order valence-electron chi connectivity index (χ3n) is 3.41. The fourth-order valence-corrected chi connectivity index (χ4v) is 2.25. The molecule has 1 atom stereocenters. The third kappa shape index (κ3) is 4.04. The molecule has 2 rings (SSSR count). The average molecular weight is 289 g/mol. The van der Waals surface area contributed by atoms with Gasteiger partial charge in [-0.15, -0.1) is 0 Å². The predicted molar refractivity (Wildman–Crippen MR) is 83.1 cm³/mol. The second kappa shape index (κ2) is 7.22. The molecule has 5 nitrogen and oxygen atoms in total. The molecular formula is C16H23N3O2. The van der Waals surface area contributed by atoms with E-state index in [1.807, 2.05) is 32.9 Å². The number of fused-ring (bicyclic) bond motifs is 1. The molecule has 1 heterocycles. The van der Waals surface area contributed by atoms with Crippen LogP contribution in [0.15, 0.2) is 18.2 Å². The van der Waals surface area contributed by atoms with Gasteiger partial charge in [0, 0.05) is 13.0 Å². The average Bonchev–Trinajstić information content (AvgIpc) is 2.87. The highest BCUT2D eigenvalue weighted by molar-refractivity contribution is 5.78. The molecule has 0 aliphatic heterocycles. The van der Waals surface area contributed by atoms with Gasteiger partial charge in [-0.25, -0.2) is 4.98 Å². The summed E-state index contributed by atoms with van der Waals surface area (Å²) in [4.78, 5) is 19.8. The van der Waals surface area contributed by atoms with Gasteiger partial charge in [0.05, 0.1) is 23.7 Å². The molecule has 1 unspecified atom stereocenters. The van der Waals surface area contributed by atoms with Crippen LogP contribution in [0, 0.1) is 6.92 Å². The summed E-state index contributed by atoms with van der Waals surface area (Å²) in [6.45, 7) is 7.09. The Morgan fingerprint density at radius 2 is 2.24 bits per heavy atom. The number of ether oxygens (including phenoxy) is 1. The molecule has 0 spiro atoms. The lowest BCUT2D eigenvalue weighted by atomic mass is 10.2. The monoisotopic (exact) mass is 289 g/mol. The van der Waals surface area contributed by atoms with E-state index in [9.17, 15) is 4.79 Å². The van der Waals surface area contributed by atoms with E-state index in [4.69, 9.17) is 4.74 Å². The number of carbonyl (C=O) groups is 1. The van der Waals surface area contributed by atoms with Crippen LogP contribution in [0.2, 0.25) is 0 Å². The zero-order valence-electron chi connectivity index (χ0n) is 12.9. The molecule has 0 saturated heterocycles. The third-order valence-corrected chi connectivity index (χ3v) is 3.41. The zero-order chi connectivity index (χ0) is 15.2. The molecule has 114 valence electrons. The van der Waals surface area contributed by atoms with Crippen molar-refractivity contribution < 1.29 is 9.53 Å². The highest BCUT2D eigenvalue weighted by Gasteiger charge is 2.16. The topological polar surface area (TPSA) is 67.0 Å². The van der Waals surface area contributed by atoms with E-state index in [1.165, 1.54) is 5.56 Å². The molecule has 1 amide bonds. The number of H-pyrrole nitrogens is 1. The van der Waals surface area contributed by atoms with Crippen molar-refractivity contribution in [3.05, 3.63) is 29.6 Å². The number of rotatable bonds is 7. The number of hydrogen-bond acceptors (Lipinski definition) is 3. The summed E-state index contributed by atoms with van der Waals surface area (Å²) < 4.78 is 5.20. The van der Waals surface area contributed by atoms with Gasteiger partial charge in [-0.2, -0.15) is 0 Å². The number of aryl methyl sites for hydroxylation is 1. The summed E-state index contributed by atoms with van der Waals surface area (Å²) in [5, 5.41) is 3.00. The highest BCUT2D eigenvalue weighted by Crippen LogP contribution is 2.19. The lowest BCUT2D eigenvalue weighted by Gasteiger charge is -2.14. The molecular weight excluding hydrogens is 266 g/mol. The molecule has 1 aromatic heterocycles. The Morgan fingerprint density at radius 3 is 2.95 bits per heavy atom. The van der Waals surface area contributed by atoms with Crippen molar-refractivity contribution in [1.29, 1.82) is 0 Å². The number of benzene rings is 1. The Balaban J connectivity index is 2.06. The number of carbonyl (C=O) groups excluding carboxylic acids is 1. The fourth-order valence-electron chi connectivity index (χ4n) is 2.25. The Morgan fingerprint density at radius 1 is 1.43 bits per heavy atom. The van der Waals surface area contributed by atoms with E-state index in [2.05, 4.69) is 21.4 Å². The maximum Gasteiger partial charge on any atom is 0.222 e. The van der Waals surface area contributed by atoms with Gasteiger partial charge in [-0.05, 0) is 38.0 Å². The van der Waals surface area contributed by atoms with E-state index < -0.39 is 0 Å². The minimum absolute atomic E-state index is 0.00747.